The monoisotopic (exact) mass is 280 g/mol. The molecule has 0 atom stereocenters. The van der Waals surface area contributed by atoms with E-state index in [4.69, 9.17) is 11.6 Å². The Hall–Kier alpha value is -1.03. The summed E-state index contributed by atoms with van der Waals surface area (Å²) in [5.41, 5.74) is 2.22. The Bertz CT molecular complexity index is 483. The third-order valence-corrected chi connectivity index (χ3v) is 4.05. The van der Waals surface area contributed by atoms with Gasteiger partial charge < -0.3 is 10.6 Å². The van der Waals surface area contributed by atoms with E-state index >= 15 is 0 Å². The molecular weight excluding hydrogens is 264 g/mol. The predicted octanol–water partition coefficient (Wildman–Crippen LogP) is 3.91. The summed E-state index contributed by atoms with van der Waals surface area (Å²) in [5.74, 6) is 0. The van der Waals surface area contributed by atoms with Crippen LogP contribution in [0, 0.1) is 6.92 Å². The third-order valence-electron chi connectivity index (χ3n) is 2.76. The first-order valence-electron chi connectivity index (χ1n) is 5.99. The van der Waals surface area contributed by atoms with Gasteiger partial charge in [-0.05, 0) is 36.1 Å². The van der Waals surface area contributed by atoms with Gasteiger partial charge in [-0.15, -0.1) is 11.3 Å². The molecule has 2 aromatic rings. The first-order valence-corrected chi connectivity index (χ1v) is 7.25. The zero-order valence-electron chi connectivity index (χ0n) is 10.4. The van der Waals surface area contributed by atoms with Crippen molar-refractivity contribution in [1.82, 2.24) is 5.32 Å². The summed E-state index contributed by atoms with van der Waals surface area (Å²) in [5, 5.41) is 9.71. The lowest BCUT2D eigenvalue weighted by molar-refractivity contribution is 0.714. The standard InChI is InChI=1S/C14H17ClN2S/c1-11-13(15)5-2-6-14(11)17-8-7-16-10-12-4-3-9-18-12/h2-6,9,16-17H,7-8,10H2,1H3. The van der Waals surface area contributed by atoms with Gasteiger partial charge >= 0.3 is 0 Å². The van der Waals surface area contributed by atoms with Crippen LogP contribution < -0.4 is 10.6 Å². The molecule has 96 valence electrons. The van der Waals surface area contributed by atoms with Crippen molar-refractivity contribution in [2.24, 2.45) is 0 Å². The Morgan fingerprint density at radius 2 is 2.06 bits per heavy atom. The minimum absolute atomic E-state index is 0.812. The molecule has 0 bridgehead atoms. The van der Waals surface area contributed by atoms with E-state index in [0.29, 0.717) is 0 Å². The maximum Gasteiger partial charge on any atom is 0.0455 e. The quantitative estimate of drug-likeness (QED) is 0.784. The lowest BCUT2D eigenvalue weighted by Gasteiger charge is -2.10. The number of halogens is 1. The van der Waals surface area contributed by atoms with Gasteiger partial charge in [0, 0.05) is 35.2 Å². The molecule has 0 amide bonds. The lowest BCUT2D eigenvalue weighted by Crippen LogP contribution is -2.21. The number of benzene rings is 1. The van der Waals surface area contributed by atoms with Crippen molar-refractivity contribution in [3.8, 4) is 0 Å². The minimum Gasteiger partial charge on any atom is -0.384 e. The van der Waals surface area contributed by atoms with Crippen molar-refractivity contribution in [2.45, 2.75) is 13.5 Å². The largest absolute Gasteiger partial charge is 0.384 e. The molecule has 2 nitrogen and oxygen atoms in total. The number of rotatable bonds is 6. The van der Waals surface area contributed by atoms with E-state index in [-0.39, 0.29) is 0 Å². The summed E-state index contributed by atoms with van der Waals surface area (Å²) in [7, 11) is 0. The van der Waals surface area contributed by atoms with E-state index in [1.54, 1.807) is 11.3 Å². The van der Waals surface area contributed by atoms with Crippen LogP contribution in [0.25, 0.3) is 0 Å². The van der Waals surface area contributed by atoms with Crippen LogP contribution in [0.15, 0.2) is 35.7 Å². The Morgan fingerprint density at radius 3 is 2.83 bits per heavy atom. The smallest absolute Gasteiger partial charge is 0.0455 e. The Labute approximate surface area is 117 Å². The molecular formula is C14H17ClN2S. The molecule has 0 saturated heterocycles. The second kappa shape index (κ2) is 6.78. The summed E-state index contributed by atoms with van der Waals surface area (Å²) in [6.45, 7) is 4.80. The van der Waals surface area contributed by atoms with Crippen molar-refractivity contribution < 1.29 is 0 Å². The highest BCUT2D eigenvalue weighted by Crippen LogP contribution is 2.22. The summed E-state index contributed by atoms with van der Waals surface area (Å²) in [6, 6.07) is 10.2. The van der Waals surface area contributed by atoms with Gasteiger partial charge in [0.2, 0.25) is 0 Å². The van der Waals surface area contributed by atoms with Crippen molar-refractivity contribution in [3.05, 3.63) is 51.2 Å². The molecule has 1 aromatic heterocycles. The van der Waals surface area contributed by atoms with Gasteiger partial charge in [0.15, 0.2) is 0 Å². The van der Waals surface area contributed by atoms with Crippen LogP contribution >= 0.6 is 22.9 Å². The van der Waals surface area contributed by atoms with E-state index in [0.717, 1.165) is 35.9 Å². The molecule has 0 aliphatic rings. The molecule has 0 aliphatic carbocycles. The molecule has 0 radical (unpaired) electrons. The Morgan fingerprint density at radius 1 is 1.17 bits per heavy atom. The second-order valence-corrected chi connectivity index (χ2v) is 5.53. The number of nitrogens with one attached hydrogen (secondary N) is 2. The van der Waals surface area contributed by atoms with Crippen molar-refractivity contribution >= 4 is 28.6 Å². The summed E-state index contributed by atoms with van der Waals surface area (Å²) >= 11 is 7.85. The Balaban J connectivity index is 1.70. The zero-order valence-corrected chi connectivity index (χ0v) is 11.9. The van der Waals surface area contributed by atoms with Gasteiger partial charge in [-0.3, -0.25) is 0 Å². The molecule has 0 unspecified atom stereocenters. The van der Waals surface area contributed by atoms with E-state index in [9.17, 15) is 0 Å². The summed E-state index contributed by atoms with van der Waals surface area (Å²) < 4.78 is 0. The predicted molar refractivity (Wildman–Crippen MR) is 80.7 cm³/mol. The van der Waals surface area contributed by atoms with E-state index in [1.807, 2.05) is 19.1 Å². The van der Waals surface area contributed by atoms with Crippen LogP contribution in [0.4, 0.5) is 5.69 Å². The SMILES string of the molecule is Cc1c(Cl)cccc1NCCNCc1cccs1. The molecule has 0 aliphatic heterocycles. The molecule has 1 heterocycles. The fourth-order valence-corrected chi connectivity index (χ4v) is 2.56. The van der Waals surface area contributed by atoms with Crippen LogP contribution in [0.1, 0.15) is 10.4 Å². The maximum atomic E-state index is 6.07. The molecule has 2 N–H and O–H groups in total. The number of hydrogen-bond donors (Lipinski definition) is 2. The highest BCUT2D eigenvalue weighted by Gasteiger charge is 2.00. The van der Waals surface area contributed by atoms with Gasteiger partial charge in [0.1, 0.15) is 0 Å². The fourth-order valence-electron chi connectivity index (χ4n) is 1.71. The van der Waals surface area contributed by atoms with Gasteiger partial charge in [0.05, 0.1) is 0 Å². The topological polar surface area (TPSA) is 24.1 Å². The maximum absolute atomic E-state index is 6.07. The van der Waals surface area contributed by atoms with Crippen molar-refractivity contribution in [3.63, 3.8) is 0 Å². The summed E-state index contributed by atoms with van der Waals surface area (Å²) in [4.78, 5) is 1.37. The highest BCUT2D eigenvalue weighted by molar-refractivity contribution is 7.09. The van der Waals surface area contributed by atoms with Crippen LogP contribution in [0.5, 0.6) is 0 Å². The second-order valence-electron chi connectivity index (χ2n) is 4.10. The van der Waals surface area contributed by atoms with E-state index in [1.165, 1.54) is 4.88 Å². The van der Waals surface area contributed by atoms with Gasteiger partial charge in [-0.25, -0.2) is 0 Å². The van der Waals surface area contributed by atoms with Crippen molar-refractivity contribution in [1.29, 1.82) is 0 Å². The normalized spacial score (nSPS) is 10.6. The molecule has 0 fully saturated rings. The lowest BCUT2D eigenvalue weighted by atomic mass is 10.2. The molecule has 18 heavy (non-hydrogen) atoms. The molecule has 2 rings (SSSR count). The van der Waals surface area contributed by atoms with Gasteiger partial charge in [0.25, 0.3) is 0 Å². The van der Waals surface area contributed by atoms with Crippen LogP contribution in [0.2, 0.25) is 5.02 Å². The van der Waals surface area contributed by atoms with Gasteiger partial charge in [-0.2, -0.15) is 0 Å². The van der Waals surface area contributed by atoms with Crippen LogP contribution in [-0.2, 0) is 6.54 Å². The van der Waals surface area contributed by atoms with Crippen molar-refractivity contribution in [2.75, 3.05) is 18.4 Å². The fraction of sp³-hybridized carbons (Fsp3) is 0.286. The number of anilines is 1. The molecule has 0 saturated carbocycles. The molecule has 0 spiro atoms. The minimum atomic E-state index is 0.812. The highest BCUT2D eigenvalue weighted by atomic mass is 35.5. The average molecular weight is 281 g/mol. The van der Waals surface area contributed by atoms with Crippen LogP contribution in [0.3, 0.4) is 0 Å². The number of hydrogen-bond acceptors (Lipinski definition) is 3. The Kier molecular flexibility index (Phi) is 5.05. The molecule has 1 aromatic carbocycles. The first-order chi connectivity index (χ1) is 8.77. The van der Waals surface area contributed by atoms with Crippen LogP contribution in [-0.4, -0.2) is 13.1 Å². The summed E-state index contributed by atoms with van der Waals surface area (Å²) in [6.07, 6.45) is 0. The zero-order chi connectivity index (χ0) is 12.8. The average Bonchev–Trinajstić information content (AvgIpc) is 2.87. The first kappa shape index (κ1) is 13.4. The van der Waals surface area contributed by atoms with Gasteiger partial charge in [-0.1, -0.05) is 23.7 Å². The van der Waals surface area contributed by atoms with E-state index < -0.39 is 0 Å². The van der Waals surface area contributed by atoms with E-state index in [2.05, 4.69) is 34.2 Å². The third kappa shape index (κ3) is 3.73. The number of thiophene rings is 1. The molecule has 4 heteroatoms.